The van der Waals surface area contributed by atoms with Gasteiger partial charge in [-0.05, 0) is 55.9 Å². The maximum absolute atomic E-state index is 12.9. The number of hydrogen-bond acceptors (Lipinski definition) is 3. The van der Waals surface area contributed by atoms with Gasteiger partial charge in [0.2, 0.25) is 15.9 Å². The molecule has 0 saturated carbocycles. The average molecular weight is 336 g/mol. The highest BCUT2D eigenvalue weighted by Crippen LogP contribution is 2.35. The zero-order valence-electron chi connectivity index (χ0n) is 13.9. The Morgan fingerprint density at radius 1 is 1.26 bits per heavy atom. The van der Waals surface area contributed by atoms with Gasteiger partial charge in [0, 0.05) is 31.7 Å². The van der Waals surface area contributed by atoms with Gasteiger partial charge in [0.15, 0.2) is 0 Å². The molecule has 3 rings (SSSR count). The van der Waals surface area contributed by atoms with Crippen LogP contribution in [0.5, 0.6) is 0 Å². The molecule has 2 aliphatic rings. The molecule has 1 aromatic rings. The van der Waals surface area contributed by atoms with Crippen molar-refractivity contribution in [3.8, 4) is 0 Å². The molecule has 0 bridgehead atoms. The number of piperidine rings is 1. The van der Waals surface area contributed by atoms with Crippen molar-refractivity contribution in [1.82, 2.24) is 4.31 Å². The van der Waals surface area contributed by atoms with E-state index in [0.717, 1.165) is 24.1 Å². The van der Waals surface area contributed by atoms with Gasteiger partial charge in [-0.15, -0.1) is 0 Å². The number of carbonyl (C=O) groups excluding carboxylic acids is 1. The first-order valence-corrected chi connectivity index (χ1v) is 9.67. The first-order valence-electron chi connectivity index (χ1n) is 8.23. The summed E-state index contributed by atoms with van der Waals surface area (Å²) in [4.78, 5) is 13.9. The van der Waals surface area contributed by atoms with Crippen LogP contribution in [0.1, 0.15) is 39.2 Å². The molecule has 2 unspecified atom stereocenters. The normalized spacial score (nSPS) is 25.4. The second kappa shape index (κ2) is 5.91. The molecule has 23 heavy (non-hydrogen) atoms. The monoisotopic (exact) mass is 336 g/mol. The summed E-state index contributed by atoms with van der Waals surface area (Å²) in [5.74, 6) is 0.401. The van der Waals surface area contributed by atoms with Gasteiger partial charge < -0.3 is 4.90 Å². The van der Waals surface area contributed by atoms with E-state index in [0.29, 0.717) is 30.3 Å². The largest absolute Gasteiger partial charge is 0.309 e. The van der Waals surface area contributed by atoms with Crippen LogP contribution in [-0.2, 0) is 21.2 Å². The molecular formula is C17H24N2O3S. The molecule has 1 fully saturated rings. The van der Waals surface area contributed by atoms with E-state index in [1.54, 1.807) is 34.3 Å². The SMILES string of the molecule is CC(=O)N1c2ccc(S(=O)(=O)N3CCCC(C)C3)cc2CC1C. The van der Waals surface area contributed by atoms with Gasteiger partial charge in [0.05, 0.1) is 4.90 Å². The van der Waals surface area contributed by atoms with E-state index in [4.69, 9.17) is 0 Å². The summed E-state index contributed by atoms with van der Waals surface area (Å²) in [5, 5.41) is 0. The highest BCUT2D eigenvalue weighted by atomic mass is 32.2. The minimum absolute atomic E-state index is 0.00304. The number of sulfonamides is 1. The summed E-state index contributed by atoms with van der Waals surface area (Å²) in [6.07, 6.45) is 2.70. The van der Waals surface area contributed by atoms with Gasteiger partial charge >= 0.3 is 0 Å². The standard InChI is InChI=1S/C17H24N2O3S/c1-12-5-4-8-18(11-12)23(21,22)16-6-7-17-15(10-16)9-13(2)19(17)14(3)20/h6-7,10,12-13H,4-5,8-9,11H2,1-3H3. The van der Waals surface area contributed by atoms with Gasteiger partial charge in [0.25, 0.3) is 0 Å². The van der Waals surface area contributed by atoms with Gasteiger partial charge in [-0.3, -0.25) is 4.79 Å². The molecule has 6 heteroatoms. The van der Waals surface area contributed by atoms with Crippen LogP contribution in [0.4, 0.5) is 5.69 Å². The summed E-state index contributed by atoms with van der Waals surface area (Å²) in [6, 6.07) is 5.25. The molecule has 0 N–H and O–H groups in total. The summed E-state index contributed by atoms with van der Waals surface area (Å²) in [7, 11) is -3.44. The molecule has 0 spiro atoms. The van der Waals surface area contributed by atoms with Crippen LogP contribution >= 0.6 is 0 Å². The number of carbonyl (C=O) groups is 1. The number of benzene rings is 1. The van der Waals surface area contributed by atoms with E-state index in [1.807, 2.05) is 6.92 Å². The molecule has 1 aromatic carbocycles. The fourth-order valence-corrected chi connectivity index (χ4v) is 5.41. The van der Waals surface area contributed by atoms with Gasteiger partial charge in [-0.25, -0.2) is 8.42 Å². The van der Waals surface area contributed by atoms with Crippen molar-refractivity contribution in [1.29, 1.82) is 0 Å². The number of fused-ring (bicyclic) bond motifs is 1. The van der Waals surface area contributed by atoms with Crippen LogP contribution in [0.2, 0.25) is 0 Å². The van der Waals surface area contributed by atoms with E-state index in [-0.39, 0.29) is 11.9 Å². The fraction of sp³-hybridized carbons (Fsp3) is 0.588. The van der Waals surface area contributed by atoms with Crippen LogP contribution in [0.15, 0.2) is 23.1 Å². The lowest BCUT2D eigenvalue weighted by atomic mass is 10.0. The van der Waals surface area contributed by atoms with E-state index >= 15 is 0 Å². The molecule has 1 amide bonds. The Hall–Kier alpha value is -1.40. The third kappa shape index (κ3) is 2.90. The third-order valence-corrected chi connectivity index (χ3v) is 6.72. The lowest BCUT2D eigenvalue weighted by molar-refractivity contribution is -0.116. The van der Waals surface area contributed by atoms with E-state index < -0.39 is 10.0 Å². The molecule has 1 saturated heterocycles. The smallest absolute Gasteiger partial charge is 0.243 e. The number of anilines is 1. The maximum Gasteiger partial charge on any atom is 0.243 e. The Balaban J connectivity index is 1.94. The van der Waals surface area contributed by atoms with Crippen molar-refractivity contribution in [2.24, 2.45) is 5.92 Å². The molecule has 5 nitrogen and oxygen atoms in total. The zero-order chi connectivity index (χ0) is 16.8. The maximum atomic E-state index is 12.9. The van der Waals surface area contributed by atoms with Crippen molar-refractivity contribution in [3.05, 3.63) is 23.8 Å². The average Bonchev–Trinajstić information content (AvgIpc) is 2.82. The van der Waals surface area contributed by atoms with Gasteiger partial charge in [0.1, 0.15) is 0 Å². The fourth-order valence-electron chi connectivity index (χ4n) is 3.76. The lowest BCUT2D eigenvalue weighted by Crippen LogP contribution is -2.39. The summed E-state index contributed by atoms with van der Waals surface area (Å²) in [6.45, 7) is 6.82. The van der Waals surface area contributed by atoms with Crippen LogP contribution in [0.3, 0.4) is 0 Å². The number of hydrogen-bond donors (Lipinski definition) is 0. The van der Waals surface area contributed by atoms with Gasteiger partial charge in [-0.1, -0.05) is 6.92 Å². The van der Waals surface area contributed by atoms with Crippen molar-refractivity contribution >= 4 is 21.6 Å². The third-order valence-electron chi connectivity index (χ3n) is 4.86. The molecule has 126 valence electrons. The van der Waals surface area contributed by atoms with Crippen molar-refractivity contribution in [2.45, 2.75) is 51.0 Å². The predicted octanol–water partition coefficient (Wildman–Crippen LogP) is 2.40. The summed E-state index contributed by atoms with van der Waals surface area (Å²) >= 11 is 0. The Morgan fingerprint density at radius 2 is 2.00 bits per heavy atom. The number of amides is 1. The minimum atomic E-state index is -3.44. The van der Waals surface area contributed by atoms with Gasteiger partial charge in [-0.2, -0.15) is 4.31 Å². The summed E-state index contributed by atoms with van der Waals surface area (Å²) in [5.41, 5.74) is 1.79. The Kier molecular flexibility index (Phi) is 4.23. The molecule has 0 radical (unpaired) electrons. The van der Waals surface area contributed by atoms with E-state index in [1.165, 1.54) is 0 Å². The molecule has 2 atom stereocenters. The minimum Gasteiger partial charge on any atom is -0.309 e. The molecule has 0 aliphatic carbocycles. The molecule has 2 aliphatic heterocycles. The molecule has 0 aromatic heterocycles. The Bertz CT molecular complexity index is 729. The van der Waals surface area contributed by atoms with Crippen LogP contribution in [-0.4, -0.2) is 37.8 Å². The summed E-state index contributed by atoms with van der Waals surface area (Å²) < 4.78 is 27.4. The van der Waals surface area contributed by atoms with Crippen molar-refractivity contribution in [3.63, 3.8) is 0 Å². The Labute approximate surface area is 138 Å². The van der Waals surface area contributed by atoms with Crippen molar-refractivity contribution < 1.29 is 13.2 Å². The quantitative estimate of drug-likeness (QED) is 0.833. The molecule has 2 heterocycles. The van der Waals surface area contributed by atoms with E-state index in [2.05, 4.69) is 6.92 Å². The second-order valence-corrected chi connectivity index (χ2v) is 8.78. The number of rotatable bonds is 2. The van der Waals surface area contributed by atoms with Crippen molar-refractivity contribution in [2.75, 3.05) is 18.0 Å². The zero-order valence-corrected chi connectivity index (χ0v) is 14.8. The van der Waals surface area contributed by atoms with Crippen LogP contribution < -0.4 is 4.90 Å². The predicted molar refractivity (Wildman–Crippen MR) is 89.9 cm³/mol. The first-order chi connectivity index (χ1) is 10.8. The topological polar surface area (TPSA) is 57.7 Å². The highest BCUT2D eigenvalue weighted by Gasteiger charge is 2.33. The Morgan fingerprint density at radius 3 is 2.65 bits per heavy atom. The second-order valence-electron chi connectivity index (χ2n) is 6.84. The van der Waals surface area contributed by atoms with E-state index in [9.17, 15) is 13.2 Å². The van der Waals surface area contributed by atoms with Crippen LogP contribution in [0.25, 0.3) is 0 Å². The highest BCUT2D eigenvalue weighted by molar-refractivity contribution is 7.89. The molecular weight excluding hydrogens is 312 g/mol. The van der Waals surface area contributed by atoms with Crippen LogP contribution in [0, 0.1) is 5.92 Å². The lowest BCUT2D eigenvalue weighted by Gasteiger charge is -2.30. The number of nitrogens with zero attached hydrogens (tertiary/aromatic N) is 2. The first kappa shape index (κ1) is 16.5.